The summed E-state index contributed by atoms with van der Waals surface area (Å²) in [5.41, 5.74) is 0.448. The minimum Gasteiger partial charge on any atom is -0.388 e. The van der Waals surface area contributed by atoms with Crippen molar-refractivity contribution in [2.45, 2.75) is 44.8 Å². The van der Waals surface area contributed by atoms with E-state index in [1.54, 1.807) is 0 Å². The summed E-state index contributed by atoms with van der Waals surface area (Å²) in [7, 11) is 0. The van der Waals surface area contributed by atoms with Crippen molar-refractivity contribution in [3.8, 4) is 0 Å². The van der Waals surface area contributed by atoms with E-state index in [9.17, 15) is 13.9 Å². The van der Waals surface area contributed by atoms with Crippen molar-refractivity contribution in [3.63, 3.8) is 0 Å². The molecular formula is C15H21F2NO. The van der Waals surface area contributed by atoms with Crippen LogP contribution in [0.4, 0.5) is 8.78 Å². The van der Waals surface area contributed by atoms with E-state index in [-0.39, 0.29) is 0 Å². The summed E-state index contributed by atoms with van der Waals surface area (Å²) >= 11 is 0. The molecule has 1 aliphatic heterocycles. The van der Waals surface area contributed by atoms with E-state index in [0.29, 0.717) is 18.0 Å². The molecule has 1 fully saturated rings. The molecule has 2 nitrogen and oxygen atoms in total. The van der Waals surface area contributed by atoms with Gasteiger partial charge in [-0.05, 0) is 50.4 Å². The minimum atomic E-state index is -0.900. The summed E-state index contributed by atoms with van der Waals surface area (Å²) in [6.45, 7) is 4.05. The van der Waals surface area contributed by atoms with Crippen LogP contribution in [0.3, 0.4) is 0 Å². The largest absolute Gasteiger partial charge is 0.388 e. The molecule has 1 aromatic rings. The monoisotopic (exact) mass is 269 g/mol. The highest BCUT2D eigenvalue weighted by Gasteiger charge is 2.19. The quantitative estimate of drug-likeness (QED) is 0.907. The number of benzene rings is 1. The van der Waals surface area contributed by atoms with Crippen molar-refractivity contribution in [2.24, 2.45) is 0 Å². The molecule has 1 N–H and O–H groups in total. The normalized spacial score (nSPS) is 22.4. The molecule has 0 aliphatic carbocycles. The first kappa shape index (κ1) is 14.4. The summed E-state index contributed by atoms with van der Waals surface area (Å²) in [5, 5.41) is 10.0. The van der Waals surface area contributed by atoms with Gasteiger partial charge in [0.25, 0.3) is 0 Å². The fraction of sp³-hybridized carbons (Fsp3) is 0.600. The Bertz CT molecular complexity index is 425. The van der Waals surface area contributed by atoms with E-state index < -0.39 is 17.7 Å². The van der Waals surface area contributed by atoms with E-state index in [0.717, 1.165) is 25.2 Å². The van der Waals surface area contributed by atoms with Crippen LogP contribution in [0.15, 0.2) is 18.2 Å². The summed E-state index contributed by atoms with van der Waals surface area (Å²) in [6, 6.07) is 4.14. The number of aliphatic hydroxyl groups is 1. The first-order valence-electron chi connectivity index (χ1n) is 6.95. The molecule has 2 rings (SSSR count). The van der Waals surface area contributed by atoms with Crippen molar-refractivity contribution in [2.75, 3.05) is 13.1 Å². The Balaban J connectivity index is 1.89. The summed E-state index contributed by atoms with van der Waals surface area (Å²) in [5.74, 6) is -1.77. The predicted octanol–water partition coefficient (Wildman–Crippen LogP) is 3.26. The van der Waals surface area contributed by atoms with Gasteiger partial charge < -0.3 is 10.0 Å². The highest BCUT2D eigenvalue weighted by Crippen LogP contribution is 2.22. The zero-order valence-electron chi connectivity index (χ0n) is 11.3. The third-order valence-corrected chi connectivity index (χ3v) is 3.96. The molecule has 106 valence electrons. The Kier molecular flexibility index (Phi) is 4.88. The highest BCUT2D eigenvalue weighted by atomic mass is 19.2. The lowest BCUT2D eigenvalue weighted by Gasteiger charge is -2.33. The number of hydrogen-bond acceptors (Lipinski definition) is 2. The molecule has 2 atom stereocenters. The predicted molar refractivity (Wildman–Crippen MR) is 70.8 cm³/mol. The topological polar surface area (TPSA) is 23.5 Å². The maximum absolute atomic E-state index is 13.1. The smallest absolute Gasteiger partial charge is 0.159 e. The summed E-state index contributed by atoms with van der Waals surface area (Å²) < 4.78 is 25.9. The average Bonchev–Trinajstić information content (AvgIpc) is 2.40. The van der Waals surface area contributed by atoms with Crippen LogP contribution in [-0.4, -0.2) is 29.1 Å². The van der Waals surface area contributed by atoms with Gasteiger partial charge in [0, 0.05) is 12.6 Å². The SMILES string of the molecule is CC1CCCCN1CCC(O)c1ccc(F)c(F)c1. The number of piperidine rings is 1. The second-order valence-electron chi connectivity index (χ2n) is 5.36. The van der Waals surface area contributed by atoms with Gasteiger partial charge >= 0.3 is 0 Å². The summed E-state index contributed by atoms with van der Waals surface area (Å²) in [4.78, 5) is 2.35. The second kappa shape index (κ2) is 6.44. The van der Waals surface area contributed by atoms with Crippen molar-refractivity contribution in [1.82, 2.24) is 4.90 Å². The van der Waals surface area contributed by atoms with E-state index >= 15 is 0 Å². The zero-order chi connectivity index (χ0) is 13.8. The van der Waals surface area contributed by atoms with Crippen LogP contribution >= 0.6 is 0 Å². The van der Waals surface area contributed by atoms with Gasteiger partial charge in [-0.2, -0.15) is 0 Å². The Labute approximate surface area is 113 Å². The van der Waals surface area contributed by atoms with Gasteiger partial charge in [-0.25, -0.2) is 8.78 Å². The fourth-order valence-corrected chi connectivity index (χ4v) is 2.66. The van der Waals surface area contributed by atoms with Crippen molar-refractivity contribution < 1.29 is 13.9 Å². The Morgan fingerprint density at radius 1 is 1.32 bits per heavy atom. The van der Waals surface area contributed by atoms with Crippen LogP contribution in [0, 0.1) is 11.6 Å². The van der Waals surface area contributed by atoms with Crippen LogP contribution in [0.5, 0.6) is 0 Å². The van der Waals surface area contributed by atoms with Gasteiger partial charge in [0.15, 0.2) is 11.6 Å². The van der Waals surface area contributed by atoms with E-state index in [1.165, 1.54) is 25.3 Å². The van der Waals surface area contributed by atoms with Crippen molar-refractivity contribution in [1.29, 1.82) is 0 Å². The molecule has 1 saturated heterocycles. The molecule has 2 unspecified atom stereocenters. The molecule has 4 heteroatoms. The Morgan fingerprint density at radius 3 is 2.79 bits per heavy atom. The maximum atomic E-state index is 13.1. The molecule has 0 radical (unpaired) electrons. The number of halogens is 2. The molecule has 0 amide bonds. The molecule has 0 saturated carbocycles. The number of nitrogens with zero attached hydrogens (tertiary/aromatic N) is 1. The minimum absolute atomic E-state index is 0.448. The molecule has 0 bridgehead atoms. The van der Waals surface area contributed by atoms with Gasteiger partial charge in [0.1, 0.15) is 0 Å². The zero-order valence-corrected chi connectivity index (χ0v) is 11.3. The second-order valence-corrected chi connectivity index (χ2v) is 5.36. The van der Waals surface area contributed by atoms with Gasteiger partial charge in [0.2, 0.25) is 0 Å². The summed E-state index contributed by atoms with van der Waals surface area (Å²) in [6.07, 6.45) is 3.48. The van der Waals surface area contributed by atoms with E-state index in [2.05, 4.69) is 11.8 Å². The molecule has 19 heavy (non-hydrogen) atoms. The molecule has 0 aromatic heterocycles. The lowest BCUT2D eigenvalue weighted by molar-refractivity contribution is 0.109. The Hall–Kier alpha value is -1.00. The Morgan fingerprint density at radius 2 is 2.11 bits per heavy atom. The first-order chi connectivity index (χ1) is 9.08. The van der Waals surface area contributed by atoms with Crippen molar-refractivity contribution >= 4 is 0 Å². The van der Waals surface area contributed by atoms with Gasteiger partial charge in [-0.15, -0.1) is 0 Å². The molecule has 0 spiro atoms. The number of rotatable bonds is 4. The van der Waals surface area contributed by atoms with Crippen LogP contribution in [0.25, 0.3) is 0 Å². The lowest BCUT2D eigenvalue weighted by atomic mass is 10.0. The third kappa shape index (κ3) is 3.74. The molecule has 1 aromatic carbocycles. The van der Waals surface area contributed by atoms with Gasteiger partial charge in [-0.3, -0.25) is 0 Å². The maximum Gasteiger partial charge on any atom is 0.159 e. The molecule has 1 heterocycles. The standard InChI is InChI=1S/C15H21F2NO/c1-11-4-2-3-8-18(11)9-7-15(19)12-5-6-13(16)14(17)10-12/h5-6,10-11,15,19H,2-4,7-9H2,1H3. The van der Waals surface area contributed by atoms with Crippen LogP contribution in [0.2, 0.25) is 0 Å². The molecular weight excluding hydrogens is 248 g/mol. The fourth-order valence-electron chi connectivity index (χ4n) is 2.66. The third-order valence-electron chi connectivity index (χ3n) is 3.96. The molecule has 1 aliphatic rings. The van der Waals surface area contributed by atoms with Crippen molar-refractivity contribution in [3.05, 3.63) is 35.4 Å². The number of likely N-dealkylation sites (tertiary alicyclic amines) is 1. The number of hydrogen-bond donors (Lipinski definition) is 1. The van der Waals surface area contributed by atoms with E-state index in [1.807, 2.05) is 0 Å². The first-order valence-corrected chi connectivity index (χ1v) is 6.95. The van der Waals surface area contributed by atoms with Gasteiger partial charge in [0.05, 0.1) is 6.10 Å². The van der Waals surface area contributed by atoms with Crippen LogP contribution < -0.4 is 0 Å². The highest BCUT2D eigenvalue weighted by molar-refractivity contribution is 5.20. The van der Waals surface area contributed by atoms with Crippen LogP contribution in [-0.2, 0) is 0 Å². The lowest BCUT2D eigenvalue weighted by Crippen LogP contribution is -2.38. The van der Waals surface area contributed by atoms with Gasteiger partial charge in [-0.1, -0.05) is 12.5 Å². The van der Waals surface area contributed by atoms with E-state index in [4.69, 9.17) is 0 Å². The number of aliphatic hydroxyl groups excluding tert-OH is 1. The average molecular weight is 269 g/mol. The van der Waals surface area contributed by atoms with Crippen LogP contribution in [0.1, 0.15) is 44.3 Å².